The van der Waals surface area contributed by atoms with Crippen LogP contribution in [0.15, 0.2) is 22.2 Å². The van der Waals surface area contributed by atoms with Crippen LogP contribution in [0.2, 0.25) is 0 Å². The van der Waals surface area contributed by atoms with Crippen LogP contribution in [-0.4, -0.2) is 36.4 Å². The lowest BCUT2D eigenvalue weighted by atomic mass is 10.2. The van der Waals surface area contributed by atoms with Crippen LogP contribution in [0.3, 0.4) is 0 Å². The molecule has 0 saturated carbocycles. The second-order valence-corrected chi connectivity index (χ2v) is 4.57. The number of carbonyl (C=O) groups is 1. The molecule has 2 heterocycles. The van der Waals surface area contributed by atoms with E-state index in [9.17, 15) is 9.59 Å². The average Bonchev–Trinajstić information content (AvgIpc) is 2.67. The molecule has 2 rings (SSSR count). The molecule has 2 aromatic rings. The first-order chi connectivity index (χ1) is 8.08. The lowest BCUT2D eigenvalue weighted by Crippen LogP contribution is -2.12. The Labute approximate surface area is 99.9 Å². The molecule has 0 radical (unpaired) electrons. The van der Waals surface area contributed by atoms with Gasteiger partial charge < -0.3 is 5.11 Å². The molecular weight excluding hydrogens is 244 g/mol. The van der Waals surface area contributed by atoms with E-state index < -0.39 is 11.9 Å². The van der Waals surface area contributed by atoms with Gasteiger partial charge in [-0.1, -0.05) is 6.92 Å². The summed E-state index contributed by atoms with van der Waals surface area (Å²) in [4.78, 5) is 25.8. The zero-order valence-corrected chi connectivity index (χ0v) is 9.77. The molecule has 8 heteroatoms. The number of thioether (sulfide) groups is 1. The molecule has 0 fully saturated rings. The molecule has 90 valence electrons. The van der Waals surface area contributed by atoms with Crippen molar-refractivity contribution in [1.82, 2.24) is 19.6 Å². The molecule has 1 atom stereocenters. The van der Waals surface area contributed by atoms with E-state index in [-0.39, 0.29) is 5.69 Å². The summed E-state index contributed by atoms with van der Waals surface area (Å²) in [5.74, 6) is -0.860. The normalized spacial score (nSPS) is 12.8. The zero-order valence-electron chi connectivity index (χ0n) is 8.95. The molecule has 0 aromatic carbocycles. The van der Waals surface area contributed by atoms with Gasteiger partial charge in [0.15, 0.2) is 5.65 Å². The van der Waals surface area contributed by atoms with Crippen molar-refractivity contribution >= 4 is 23.4 Å². The first kappa shape index (κ1) is 11.6. The summed E-state index contributed by atoms with van der Waals surface area (Å²) in [6.45, 7) is 1.63. The summed E-state index contributed by atoms with van der Waals surface area (Å²) in [6, 6.07) is 1.64. The van der Waals surface area contributed by atoms with Gasteiger partial charge in [0, 0.05) is 11.8 Å². The molecule has 0 aliphatic rings. The highest BCUT2D eigenvalue weighted by Crippen LogP contribution is 2.18. The number of aliphatic carboxylic acids is 1. The number of carboxylic acids is 1. The van der Waals surface area contributed by atoms with Gasteiger partial charge in [-0.15, -0.1) is 11.8 Å². The lowest BCUT2D eigenvalue weighted by molar-refractivity contribution is -0.140. The molecule has 0 bridgehead atoms. The van der Waals surface area contributed by atoms with E-state index in [1.54, 1.807) is 13.0 Å². The monoisotopic (exact) mass is 254 g/mol. The van der Waals surface area contributed by atoms with E-state index in [1.165, 1.54) is 22.5 Å². The van der Waals surface area contributed by atoms with Crippen molar-refractivity contribution in [1.29, 1.82) is 0 Å². The maximum atomic E-state index is 11.2. The summed E-state index contributed by atoms with van der Waals surface area (Å²) in [6.07, 6.45) is 1.37. The van der Waals surface area contributed by atoms with Crippen LogP contribution in [0.4, 0.5) is 0 Å². The molecule has 0 aliphatic heterocycles. The van der Waals surface area contributed by atoms with Gasteiger partial charge in [0.05, 0.1) is 5.92 Å². The highest BCUT2D eigenvalue weighted by molar-refractivity contribution is 7.99. The van der Waals surface area contributed by atoms with E-state index in [1.807, 2.05) is 0 Å². The van der Waals surface area contributed by atoms with Gasteiger partial charge >= 0.3 is 11.7 Å². The summed E-state index contributed by atoms with van der Waals surface area (Å²) in [7, 11) is 0. The summed E-state index contributed by atoms with van der Waals surface area (Å²) in [5.41, 5.74) is 0.124. The van der Waals surface area contributed by atoms with Crippen LogP contribution in [0.25, 0.3) is 5.65 Å². The number of aromatic nitrogens is 4. The van der Waals surface area contributed by atoms with Crippen LogP contribution < -0.4 is 5.69 Å². The Hall–Kier alpha value is -1.83. The smallest absolute Gasteiger partial charge is 0.348 e. The molecule has 17 heavy (non-hydrogen) atoms. The Morgan fingerprint density at radius 1 is 1.71 bits per heavy atom. The number of hydrogen-bond donors (Lipinski definition) is 2. The largest absolute Gasteiger partial charge is 0.481 e. The predicted molar refractivity (Wildman–Crippen MR) is 61.1 cm³/mol. The number of nitrogens with zero attached hydrogens (tertiary/aromatic N) is 3. The van der Waals surface area contributed by atoms with Crippen LogP contribution in [-0.2, 0) is 4.79 Å². The third-order valence-corrected chi connectivity index (χ3v) is 3.37. The number of H-pyrrole nitrogens is 1. The van der Waals surface area contributed by atoms with Gasteiger partial charge in [0.1, 0.15) is 11.4 Å². The van der Waals surface area contributed by atoms with E-state index in [0.717, 1.165) is 0 Å². The van der Waals surface area contributed by atoms with E-state index in [2.05, 4.69) is 15.2 Å². The Morgan fingerprint density at radius 2 is 2.47 bits per heavy atom. The summed E-state index contributed by atoms with van der Waals surface area (Å²) < 4.78 is 1.28. The fourth-order valence-corrected chi connectivity index (χ4v) is 2.03. The van der Waals surface area contributed by atoms with Crippen LogP contribution in [0.5, 0.6) is 0 Å². The van der Waals surface area contributed by atoms with E-state index in [0.29, 0.717) is 16.4 Å². The lowest BCUT2D eigenvalue weighted by Gasteiger charge is -2.04. The molecule has 0 spiro atoms. The van der Waals surface area contributed by atoms with Gasteiger partial charge in [0.25, 0.3) is 0 Å². The number of hydrogen-bond acceptors (Lipinski definition) is 5. The van der Waals surface area contributed by atoms with E-state index >= 15 is 0 Å². The van der Waals surface area contributed by atoms with E-state index in [4.69, 9.17) is 5.11 Å². The van der Waals surface area contributed by atoms with Crippen molar-refractivity contribution in [3.05, 3.63) is 22.9 Å². The van der Waals surface area contributed by atoms with Crippen LogP contribution >= 0.6 is 11.8 Å². The van der Waals surface area contributed by atoms with Crippen LogP contribution in [0, 0.1) is 5.92 Å². The first-order valence-corrected chi connectivity index (χ1v) is 5.85. The van der Waals surface area contributed by atoms with Crippen molar-refractivity contribution in [2.24, 2.45) is 5.92 Å². The third-order valence-electron chi connectivity index (χ3n) is 2.19. The minimum Gasteiger partial charge on any atom is -0.481 e. The number of nitrogens with one attached hydrogen (secondary N) is 1. The molecule has 0 aliphatic carbocycles. The molecule has 2 aromatic heterocycles. The maximum Gasteiger partial charge on any atom is 0.348 e. The molecule has 0 saturated heterocycles. The maximum absolute atomic E-state index is 11.2. The van der Waals surface area contributed by atoms with Crippen molar-refractivity contribution in [2.75, 3.05) is 5.75 Å². The average molecular weight is 254 g/mol. The Balaban J connectivity index is 2.14. The second kappa shape index (κ2) is 4.58. The SMILES string of the molecule is CC(CSc1cc2n[nH]c(=O)n2cn1)C(=O)O. The Kier molecular flexibility index (Phi) is 3.14. The van der Waals surface area contributed by atoms with Gasteiger partial charge in [-0.25, -0.2) is 19.3 Å². The molecule has 2 N–H and O–H groups in total. The van der Waals surface area contributed by atoms with Gasteiger partial charge in [-0.05, 0) is 0 Å². The van der Waals surface area contributed by atoms with Gasteiger partial charge in [-0.3, -0.25) is 4.79 Å². The minimum absolute atomic E-state index is 0.344. The highest BCUT2D eigenvalue weighted by Gasteiger charge is 2.12. The number of aromatic amines is 1. The standard InChI is InChI=1S/C9H10N4O3S/c1-5(8(14)15)3-17-7-2-6-11-12-9(16)13(6)4-10-7/h2,4-5H,3H2,1H3,(H,12,16)(H,14,15). The zero-order chi connectivity index (χ0) is 12.4. The number of rotatable bonds is 4. The topological polar surface area (TPSA) is 100 Å². The molecule has 0 amide bonds. The second-order valence-electron chi connectivity index (χ2n) is 3.53. The Morgan fingerprint density at radius 3 is 3.18 bits per heavy atom. The fraction of sp³-hybridized carbons (Fsp3) is 0.333. The van der Waals surface area contributed by atoms with Crippen molar-refractivity contribution in [2.45, 2.75) is 11.9 Å². The summed E-state index contributed by atoms with van der Waals surface area (Å²) >= 11 is 1.32. The Bertz CT molecular complexity index is 606. The summed E-state index contributed by atoms with van der Waals surface area (Å²) in [5, 5.41) is 15.5. The minimum atomic E-state index is -0.838. The number of carboxylic acid groups (broad SMARTS) is 1. The first-order valence-electron chi connectivity index (χ1n) is 4.86. The van der Waals surface area contributed by atoms with Gasteiger partial charge in [0.2, 0.25) is 0 Å². The third kappa shape index (κ3) is 2.47. The highest BCUT2D eigenvalue weighted by atomic mass is 32.2. The van der Waals surface area contributed by atoms with Crippen molar-refractivity contribution in [3.63, 3.8) is 0 Å². The fourth-order valence-electron chi connectivity index (χ4n) is 1.15. The van der Waals surface area contributed by atoms with Crippen molar-refractivity contribution < 1.29 is 9.90 Å². The predicted octanol–water partition coefficient (Wildman–Crippen LogP) is 0.230. The number of fused-ring (bicyclic) bond motifs is 1. The molecular formula is C9H10N4O3S. The molecule has 1 unspecified atom stereocenters. The quantitative estimate of drug-likeness (QED) is 0.598. The van der Waals surface area contributed by atoms with Crippen molar-refractivity contribution in [3.8, 4) is 0 Å². The van der Waals surface area contributed by atoms with Crippen LogP contribution in [0.1, 0.15) is 6.92 Å². The van der Waals surface area contributed by atoms with Gasteiger partial charge in [-0.2, -0.15) is 5.10 Å². The molecule has 7 nitrogen and oxygen atoms in total.